The summed E-state index contributed by atoms with van der Waals surface area (Å²) in [5.41, 5.74) is -0.159. The summed E-state index contributed by atoms with van der Waals surface area (Å²) < 4.78 is 57.7. The van der Waals surface area contributed by atoms with Gasteiger partial charge in [-0.05, 0) is 25.1 Å². The predicted molar refractivity (Wildman–Crippen MR) is 209 cm³/mol. The van der Waals surface area contributed by atoms with Gasteiger partial charge < -0.3 is 129 Å². The summed E-state index contributed by atoms with van der Waals surface area (Å²) in [6.45, 7) is -1.03. The van der Waals surface area contributed by atoms with Crippen LogP contribution in [0.25, 0.3) is 6.08 Å². The Balaban J connectivity index is 1.26. The molecule has 0 radical (unpaired) electrons. The zero-order chi connectivity index (χ0) is 48.0. The van der Waals surface area contributed by atoms with E-state index in [4.69, 9.17) is 47.4 Å². The van der Waals surface area contributed by atoms with Crippen molar-refractivity contribution in [2.45, 2.75) is 136 Å². The number of fused-ring (bicyclic) bond motifs is 1. The van der Waals surface area contributed by atoms with Crippen LogP contribution in [0.2, 0.25) is 0 Å². The molecule has 0 bridgehead atoms. The van der Waals surface area contributed by atoms with Gasteiger partial charge in [0.2, 0.25) is 18.3 Å². The second-order valence-corrected chi connectivity index (χ2v) is 16.3. The summed E-state index contributed by atoms with van der Waals surface area (Å²) in [6.07, 6.45) is -35.8. The molecule has 4 fully saturated rings. The fourth-order valence-corrected chi connectivity index (χ4v) is 7.95. The minimum Gasteiger partial charge on any atom is -0.508 e. The Labute approximate surface area is 373 Å². The van der Waals surface area contributed by atoms with Crippen molar-refractivity contribution in [3.8, 4) is 34.5 Å². The number of phenolic OH excluding ortho intramolecular Hbond substituents is 3. The van der Waals surface area contributed by atoms with Crippen molar-refractivity contribution in [3.63, 3.8) is 0 Å². The lowest BCUT2D eigenvalue weighted by molar-refractivity contribution is -0.368. The zero-order valence-electron chi connectivity index (χ0n) is 34.9. The number of hydrogen-bond donors (Lipinski definition) is 16. The van der Waals surface area contributed by atoms with Gasteiger partial charge in [-0.15, -0.1) is 0 Å². The minimum atomic E-state index is -2.10. The Morgan fingerprint density at radius 1 is 0.561 bits per heavy atom. The van der Waals surface area contributed by atoms with Gasteiger partial charge in [-0.25, -0.2) is 0 Å². The monoisotopic (exact) mass is 950 g/mol. The van der Waals surface area contributed by atoms with Gasteiger partial charge in [0.1, 0.15) is 108 Å². The van der Waals surface area contributed by atoms with Crippen molar-refractivity contribution in [2.24, 2.45) is 0 Å². The first-order chi connectivity index (χ1) is 31.3. The molecule has 0 amide bonds. The summed E-state index contributed by atoms with van der Waals surface area (Å²) in [4.78, 5) is 0. The smallest absolute Gasteiger partial charge is 0.229 e. The fraction of sp³-hybridized carbons (Fsp3) is 0.650. The molecule has 4 saturated heterocycles. The molecule has 2 aromatic rings. The van der Waals surface area contributed by atoms with Crippen LogP contribution in [0, 0.1) is 0 Å². The van der Waals surface area contributed by atoms with E-state index in [2.05, 4.69) is 0 Å². The summed E-state index contributed by atoms with van der Waals surface area (Å²) in [5.74, 6) is -3.04. The molecule has 66 heavy (non-hydrogen) atoms. The zero-order valence-corrected chi connectivity index (χ0v) is 34.9. The second-order valence-electron chi connectivity index (χ2n) is 16.3. The highest BCUT2D eigenvalue weighted by molar-refractivity contribution is 5.70. The Morgan fingerprint density at radius 2 is 1.12 bits per heavy atom. The molecule has 26 heteroatoms. The molecule has 370 valence electrons. The molecule has 26 nitrogen and oxygen atoms in total. The second kappa shape index (κ2) is 20.3. The third kappa shape index (κ3) is 9.67. The van der Waals surface area contributed by atoms with Gasteiger partial charge in [0.05, 0.1) is 38.6 Å². The van der Waals surface area contributed by atoms with Crippen molar-refractivity contribution in [1.82, 2.24) is 0 Å². The number of benzene rings is 2. The number of hydrogen-bond acceptors (Lipinski definition) is 26. The normalized spacial score (nSPS) is 41.6. The maximum atomic E-state index is 11.7. The lowest BCUT2D eigenvalue weighted by atomic mass is 9.96. The first kappa shape index (κ1) is 49.9. The van der Waals surface area contributed by atoms with Crippen LogP contribution in [0.4, 0.5) is 0 Å². The van der Waals surface area contributed by atoms with E-state index in [0.717, 1.165) is 25.3 Å². The molecule has 5 heterocycles. The molecule has 21 unspecified atom stereocenters. The number of aromatic hydroxyl groups is 3. The molecule has 5 aliphatic heterocycles. The summed E-state index contributed by atoms with van der Waals surface area (Å²) in [6, 6.07) is 4.41. The molecule has 16 N–H and O–H groups in total. The number of phenols is 3. The van der Waals surface area contributed by atoms with Crippen molar-refractivity contribution < 1.29 is 129 Å². The highest BCUT2D eigenvalue weighted by atomic mass is 16.8. The van der Waals surface area contributed by atoms with Gasteiger partial charge in [0.25, 0.3) is 0 Å². The Morgan fingerprint density at radius 3 is 1.76 bits per heavy atom. The van der Waals surface area contributed by atoms with Gasteiger partial charge in [-0.1, -0.05) is 0 Å². The molecule has 0 aromatic heterocycles. The third-order valence-corrected chi connectivity index (χ3v) is 11.8. The van der Waals surface area contributed by atoms with Crippen LogP contribution in [0.15, 0.2) is 30.0 Å². The van der Waals surface area contributed by atoms with Crippen molar-refractivity contribution in [2.75, 3.05) is 26.9 Å². The molecule has 7 rings (SSSR count). The first-order valence-corrected chi connectivity index (χ1v) is 20.6. The Kier molecular flexibility index (Phi) is 15.4. The van der Waals surface area contributed by atoms with Crippen LogP contribution in [0.3, 0.4) is 0 Å². The molecule has 5 aliphatic rings. The van der Waals surface area contributed by atoms with Gasteiger partial charge >= 0.3 is 0 Å². The lowest BCUT2D eigenvalue weighted by Gasteiger charge is -2.47. The number of methoxy groups -OCH3 is 1. The van der Waals surface area contributed by atoms with E-state index in [1.807, 2.05) is 0 Å². The first-order valence-electron chi connectivity index (χ1n) is 20.6. The SMILES string of the molecule is COc1cc(C2Oc3cc(O)cc(O)c3C=C2OC2OC(COC3OC(C)C(O)C(O)C3O)C(O)C(O)C2OC2OC(CO)C(O)C(O)C2O)cc(OC2OC(CO)C(O)C(O)C2O)c1O. The van der Waals surface area contributed by atoms with E-state index in [1.54, 1.807) is 0 Å². The van der Waals surface area contributed by atoms with Crippen LogP contribution >= 0.6 is 0 Å². The number of rotatable bonds is 13. The molecule has 0 spiro atoms. The molecule has 0 aliphatic carbocycles. The Hall–Kier alpha value is -3.98. The highest BCUT2D eigenvalue weighted by Gasteiger charge is 2.53. The van der Waals surface area contributed by atoms with E-state index in [0.29, 0.717) is 0 Å². The van der Waals surface area contributed by atoms with Crippen LogP contribution in [0.1, 0.15) is 24.2 Å². The van der Waals surface area contributed by atoms with Crippen LogP contribution in [-0.4, -0.2) is 231 Å². The van der Waals surface area contributed by atoms with E-state index in [1.165, 1.54) is 19.1 Å². The van der Waals surface area contributed by atoms with Crippen molar-refractivity contribution in [1.29, 1.82) is 0 Å². The van der Waals surface area contributed by atoms with Gasteiger partial charge in [0.15, 0.2) is 36.3 Å². The Bertz CT molecular complexity index is 2000. The maximum absolute atomic E-state index is 11.7. The van der Waals surface area contributed by atoms with Crippen molar-refractivity contribution in [3.05, 3.63) is 41.2 Å². The maximum Gasteiger partial charge on any atom is 0.229 e. The van der Waals surface area contributed by atoms with E-state index in [-0.39, 0.29) is 28.4 Å². The number of aliphatic hydroxyl groups excluding tert-OH is 13. The summed E-state index contributed by atoms with van der Waals surface area (Å²) in [5, 5.41) is 169. The number of aliphatic hydroxyl groups is 13. The van der Waals surface area contributed by atoms with Gasteiger partial charge in [0, 0.05) is 17.7 Å². The molecule has 2 aromatic carbocycles. The highest BCUT2D eigenvalue weighted by Crippen LogP contribution is 2.48. The fourth-order valence-electron chi connectivity index (χ4n) is 7.95. The topological polar surface area (TPSA) is 416 Å². The van der Waals surface area contributed by atoms with E-state index in [9.17, 15) is 81.7 Å². The molecule has 0 saturated carbocycles. The number of ether oxygens (including phenoxy) is 10. The molecular weight excluding hydrogens is 896 g/mol. The average molecular weight is 951 g/mol. The van der Waals surface area contributed by atoms with Crippen LogP contribution < -0.4 is 14.2 Å². The van der Waals surface area contributed by atoms with E-state index >= 15 is 0 Å². The minimum absolute atomic E-state index is 0.0510. The molecule has 21 atom stereocenters. The van der Waals surface area contributed by atoms with Crippen LogP contribution in [-0.2, 0) is 33.2 Å². The van der Waals surface area contributed by atoms with Gasteiger partial charge in [-0.2, -0.15) is 0 Å². The van der Waals surface area contributed by atoms with Gasteiger partial charge in [-0.3, -0.25) is 0 Å². The largest absolute Gasteiger partial charge is 0.508 e. The predicted octanol–water partition coefficient (Wildman–Crippen LogP) is -6.04. The third-order valence-electron chi connectivity index (χ3n) is 11.8. The summed E-state index contributed by atoms with van der Waals surface area (Å²) >= 11 is 0. The standard InChI is InChI=1S/C40H54O26/c1-11-23(45)28(50)32(54)37(59-11)58-10-22-27(49)31(53)36(66-39-34(56)30(52)26(48)21(9-42)64-39)40(65-22)62-19-7-14-15(44)5-13(43)6-16(14)60-35(19)12-3-17(57-2)24(46)18(4-12)61-38-33(55)29(51)25(47)20(8-41)63-38/h3-7,11,20-23,25-56H,8-10H2,1-2H3. The molecular formula is C40H54O26. The van der Waals surface area contributed by atoms with Crippen molar-refractivity contribution >= 4 is 6.08 Å². The average Bonchev–Trinajstić information content (AvgIpc) is 3.29. The summed E-state index contributed by atoms with van der Waals surface area (Å²) in [7, 11) is 1.16. The van der Waals surface area contributed by atoms with Crippen LogP contribution in [0.5, 0.6) is 34.5 Å². The van der Waals surface area contributed by atoms with E-state index < -0.39 is 172 Å². The lowest BCUT2D eigenvalue weighted by Crippen LogP contribution is -2.65. The quantitative estimate of drug-likeness (QED) is 0.0888.